The monoisotopic (exact) mass is 221 g/mol. The van der Waals surface area contributed by atoms with Gasteiger partial charge in [0.1, 0.15) is 0 Å². The van der Waals surface area contributed by atoms with Gasteiger partial charge in [0.15, 0.2) is 17.3 Å². The van der Waals surface area contributed by atoms with Crippen molar-refractivity contribution >= 4 is 17.4 Å². The van der Waals surface area contributed by atoms with Crippen LogP contribution in [-0.2, 0) is 9.59 Å². The summed E-state index contributed by atoms with van der Waals surface area (Å²) in [6.45, 7) is 1.31. The summed E-state index contributed by atoms with van der Waals surface area (Å²) in [5.74, 6) is 0.0934. The van der Waals surface area contributed by atoms with Crippen LogP contribution in [0.4, 0.5) is 5.69 Å². The number of hydrogen-bond acceptors (Lipinski definition) is 4. The molecule has 0 saturated heterocycles. The van der Waals surface area contributed by atoms with Crippen LogP contribution in [0, 0.1) is 0 Å². The average molecular weight is 221 g/mol. The zero-order valence-corrected chi connectivity index (χ0v) is 8.94. The summed E-state index contributed by atoms with van der Waals surface area (Å²) < 4.78 is 10.4. The van der Waals surface area contributed by atoms with E-state index in [4.69, 9.17) is 9.47 Å². The van der Waals surface area contributed by atoms with Crippen LogP contribution in [-0.4, -0.2) is 24.9 Å². The molecular formula is C11H11NO4. The van der Waals surface area contributed by atoms with Gasteiger partial charge >= 0.3 is 0 Å². The molecule has 1 unspecified atom stereocenters. The maximum atomic E-state index is 11.5. The van der Waals surface area contributed by atoms with Crippen molar-refractivity contribution in [1.29, 1.82) is 0 Å². The molecule has 0 radical (unpaired) electrons. The van der Waals surface area contributed by atoms with Crippen molar-refractivity contribution in [2.24, 2.45) is 0 Å². The lowest BCUT2D eigenvalue weighted by atomic mass is 10.1. The smallest absolute Gasteiger partial charge is 0.273 e. The minimum atomic E-state index is -1.09. The van der Waals surface area contributed by atoms with Crippen LogP contribution in [0.5, 0.6) is 11.5 Å². The summed E-state index contributed by atoms with van der Waals surface area (Å²) in [6, 6.07) is 5.12. The van der Waals surface area contributed by atoms with Crippen LogP contribution in [0.3, 0.4) is 0 Å². The number of hydrogen-bond donors (Lipinski definition) is 1. The summed E-state index contributed by atoms with van der Waals surface area (Å²) >= 11 is 0. The van der Waals surface area contributed by atoms with Crippen molar-refractivity contribution in [3.63, 3.8) is 0 Å². The van der Waals surface area contributed by atoms with Crippen molar-refractivity contribution in [1.82, 2.24) is 0 Å². The van der Waals surface area contributed by atoms with Crippen molar-refractivity contribution < 1.29 is 19.1 Å². The van der Waals surface area contributed by atoms with Crippen LogP contribution in [0.15, 0.2) is 18.2 Å². The van der Waals surface area contributed by atoms with Crippen molar-refractivity contribution in [3.8, 4) is 11.5 Å². The van der Waals surface area contributed by atoms with Gasteiger partial charge in [0.25, 0.3) is 5.91 Å². The molecule has 2 rings (SSSR count). The molecule has 1 atom stereocenters. The lowest BCUT2D eigenvalue weighted by Gasteiger charge is -2.25. The minimum absolute atomic E-state index is 0.339. The van der Waals surface area contributed by atoms with Gasteiger partial charge in [-0.25, -0.2) is 0 Å². The van der Waals surface area contributed by atoms with E-state index in [1.807, 2.05) is 0 Å². The van der Waals surface area contributed by atoms with Gasteiger partial charge < -0.3 is 14.8 Å². The Bertz CT molecular complexity index is 455. The first kappa shape index (κ1) is 10.5. The van der Waals surface area contributed by atoms with E-state index < -0.39 is 12.0 Å². The van der Waals surface area contributed by atoms with Gasteiger partial charge in [-0.1, -0.05) is 6.07 Å². The molecule has 16 heavy (non-hydrogen) atoms. The molecule has 1 aromatic carbocycles. The summed E-state index contributed by atoms with van der Waals surface area (Å²) in [4.78, 5) is 22.7. The number of methoxy groups -OCH3 is 1. The summed E-state index contributed by atoms with van der Waals surface area (Å²) in [6.07, 6.45) is -1.09. The molecule has 5 nitrogen and oxygen atoms in total. The van der Waals surface area contributed by atoms with E-state index in [9.17, 15) is 9.59 Å². The summed E-state index contributed by atoms with van der Waals surface area (Å²) in [5, 5.41) is 2.60. The van der Waals surface area contributed by atoms with Crippen LogP contribution < -0.4 is 14.8 Å². The highest BCUT2D eigenvalue weighted by molar-refractivity contribution is 6.11. The van der Waals surface area contributed by atoms with E-state index in [0.29, 0.717) is 17.2 Å². The van der Waals surface area contributed by atoms with E-state index in [2.05, 4.69) is 5.32 Å². The second kappa shape index (κ2) is 3.84. The fourth-order valence-corrected chi connectivity index (χ4v) is 1.53. The maximum Gasteiger partial charge on any atom is 0.273 e. The number of ketones is 1. The Morgan fingerprint density at radius 2 is 2.25 bits per heavy atom. The first-order chi connectivity index (χ1) is 7.63. The molecular weight excluding hydrogens is 210 g/mol. The normalized spacial score (nSPS) is 18.1. The predicted octanol–water partition coefficient (Wildman–Crippen LogP) is 0.984. The second-order valence-electron chi connectivity index (χ2n) is 3.43. The van der Waals surface area contributed by atoms with Gasteiger partial charge in [0.2, 0.25) is 6.10 Å². The summed E-state index contributed by atoms with van der Waals surface area (Å²) in [5.41, 5.74) is 0.516. The maximum absolute atomic E-state index is 11.5. The van der Waals surface area contributed by atoms with E-state index in [0.717, 1.165) is 0 Å². The number of fused-ring (bicyclic) bond motifs is 1. The van der Waals surface area contributed by atoms with Gasteiger partial charge in [0, 0.05) is 0 Å². The molecule has 0 saturated carbocycles. The largest absolute Gasteiger partial charge is 0.493 e. The third-order valence-electron chi connectivity index (χ3n) is 2.30. The first-order valence-corrected chi connectivity index (χ1v) is 4.78. The number of amides is 1. The molecule has 5 heteroatoms. The van der Waals surface area contributed by atoms with Crippen LogP contribution >= 0.6 is 0 Å². The molecule has 0 bridgehead atoms. The number of carbonyl (C=O) groups excluding carboxylic acids is 2. The molecule has 0 aliphatic carbocycles. The van der Waals surface area contributed by atoms with Gasteiger partial charge in [0.05, 0.1) is 12.8 Å². The Labute approximate surface area is 92.4 Å². The number of rotatable bonds is 2. The highest BCUT2D eigenvalue weighted by Crippen LogP contribution is 2.38. The second-order valence-corrected chi connectivity index (χ2v) is 3.43. The molecule has 84 valence electrons. The molecule has 1 heterocycles. The zero-order chi connectivity index (χ0) is 11.7. The van der Waals surface area contributed by atoms with E-state index >= 15 is 0 Å². The SMILES string of the molecule is COc1cccc2c1OC(C(C)=O)C(=O)N2. The predicted molar refractivity (Wildman–Crippen MR) is 56.7 cm³/mol. The highest BCUT2D eigenvalue weighted by Gasteiger charge is 2.32. The third kappa shape index (κ3) is 1.60. The molecule has 0 aromatic heterocycles. The lowest BCUT2D eigenvalue weighted by Crippen LogP contribution is -2.41. The Morgan fingerprint density at radius 3 is 2.88 bits per heavy atom. The number of para-hydroxylation sites is 1. The van der Waals surface area contributed by atoms with Gasteiger partial charge in [-0.3, -0.25) is 9.59 Å². The van der Waals surface area contributed by atoms with E-state index in [1.54, 1.807) is 18.2 Å². The molecule has 1 aromatic rings. The fourth-order valence-electron chi connectivity index (χ4n) is 1.53. The Balaban J connectivity index is 2.43. The van der Waals surface area contributed by atoms with Crippen molar-refractivity contribution in [2.45, 2.75) is 13.0 Å². The molecule has 1 aliphatic heterocycles. The van der Waals surface area contributed by atoms with Crippen molar-refractivity contribution in [3.05, 3.63) is 18.2 Å². The quantitative estimate of drug-likeness (QED) is 0.756. The molecule has 0 spiro atoms. The number of nitrogens with one attached hydrogen (secondary N) is 1. The molecule has 0 fully saturated rings. The standard InChI is InChI=1S/C11H11NO4/c1-6(13)9-11(14)12-7-4-3-5-8(15-2)10(7)16-9/h3-5,9H,1-2H3,(H,12,14). The van der Waals surface area contributed by atoms with Crippen LogP contribution in [0.1, 0.15) is 6.92 Å². The summed E-state index contributed by atoms with van der Waals surface area (Å²) in [7, 11) is 1.50. The Morgan fingerprint density at radius 1 is 1.50 bits per heavy atom. The number of benzene rings is 1. The number of anilines is 1. The zero-order valence-electron chi connectivity index (χ0n) is 8.94. The average Bonchev–Trinajstić information content (AvgIpc) is 2.26. The van der Waals surface area contributed by atoms with Gasteiger partial charge in [-0.2, -0.15) is 0 Å². The Hall–Kier alpha value is -2.04. The first-order valence-electron chi connectivity index (χ1n) is 4.78. The third-order valence-corrected chi connectivity index (χ3v) is 2.30. The van der Waals surface area contributed by atoms with Gasteiger partial charge in [-0.05, 0) is 19.1 Å². The van der Waals surface area contributed by atoms with Crippen LogP contribution in [0.2, 0.25) is 0 Å². The highest BCUT2D eigenvalue weighted by atomic mass is 16.5. The molecule has 1 N–H and O–H groups in total. The topological polar surface area (TPSA) is 64.6 Å². The Kier molecular flexibility index (Phi) is 2.52. The van der Waals surface area contributed by atoms with E-state index in [1.165, 1.54) is 14.0 Å². The van der Waals surface area contributed by atoms with Gasteiger partial charge in [-0.15, -0.1) is 0 Å². The van der Waals surface area contributed by atoms with Crippen LogP contribution in [0.25, 0.3) is 0 Å². The fraction of sp³-hybridized carbons (Fsp3) is 0.273. The minimum Gasteiger partial charge on any atom is -0.493 e. The number of ether oxygens (including phenoxy) is 2. The molecule has 1 amide bonds. The number of Topliss-reactive ketones (excluding diaryl/α,β-unsaturated/α-hetero) is 1. The lowest BCUT2D eigenvalue weighted by molar-refractivity contribution is -0.134. The van der Waals surface area contributed by atoms with E-state index in [-0.39, 0.29) is 5.78 Å². The van der Waals surface area contributed by atoms with Crippen molar-refractivity contribution in [2.75, 3.05) is 12.4 Å². The number of carbonyl (C=O) groups is 2. The molecule has 1 aliphatic rings.